The van der Waals surface area contributed by atoms with Crippen LogP contribution in [-0.4, -0.2) is 26.2 Å². The Bertz CT molecular complexity index is 1260. The van der Waals surface area contributed by atoms with Gasteiger partial charge < -0.3 is 4.74 Å². The third-order valence-corrected chi connectivity index (χ3v) is 6.33. The maximum absolute atomic E-state index is 12.7. The van der Waals surface area contributed by atoms with E-state index >= 15 is 0 Å². The monoisotopic (exact) mass is 518 g/mol. The third-order valence-electron chi connectivity index (χ3n) is 4.42. The molecular weight excluding hydrogens is 500 g/mol. The number of nitrogens with zero attached hydrogens (tertiary/aromatic N) is 2. The fraction of sp³-hybridized carbons (Fsp3) is 0.0952. The van der Waals surface area contributed by atoms with Crippen LogP contribution in [0, 0.1) is 10.1 Å². The highest BCUT2D eigenvalue weighted by atomic mass is 79.9. The number of hydrogen-bond donors (Lipinski definition) is 2. The molecule has 2 N–H and O–H groups in total. The summed E-state index contributed by atoms with van der Waals surface area (Å²) in [5.41, 5.74) is 4.02. The molecule has 0 aliphatic rings. The van der Waals surface area contributed by atoms with Crippen LogP contribution in [0.3, 0.4) is 0 Å². The molecule has 0 fully saturated rings. The van der Waals surface area contributed by atoms with Crippen LogP contribution in [0.25, 0.3) is 0 Å². The van der Waals surface area contributed by atoms with E-state index in [9.17, 15) is 18.5 Å². The average molecular weight is 519 g/mol. The molecule has 0 bridgehead atoms. The molecule has 9 nitrogen and oxygen atoms in total. The molecule has 0 aromatic heterocycles. The number of rotatable bonds is 8. The Hall–Kier alpha value is -3.44. The quantitative estimate of drug-likeness (QED) is 0.245. The van der Waals surface area contributed by atoms with E-state index in [4.69, 9.17) is 4.74 Å². The van der Waals surface area contributed by atoms with Crippen molar-refractivity contribution in [2.75, 3.05) is 17.3 Å². The smallest absolute Gasteiger partial charge is 0.295 e. The number of hydrazone groups is 1. The molecule has 0 heterocycles. The number of nitro groups is 1. The van der Waals surface area contributed by atoms with E-state index in [-0.39, 0.29) is 10.6 Å². The molecule has 11 heteroatoms. The Kier molecular flexibility index (Phi) is 7.11. The topological polar surface area (TPSA) is 123 Å². The van der Waals surface area contributed by atoms with Gasteiger partial charge in [0, 0.05) is 16.2 Å². The number of nitrogens with one attached hydrogen (secondary N) is 2. The first-order valence-electron chi connectivity index (χ1n) is 9.21. The summed E-state index contributed by atoms with van der Waals surface area (Å²) in [5.74, 6) is 0.568. The summed E-state index contributed by atoms with van der Waals surface area (Å²) in [7, 11) is -2.55. The maximum Gasteiger partial charge on any atom is 0.295 e. The number of anilines is 2. The molecule has 0 amide bonds. The lowest BCUT2D eigenvalue weighted by molar-refractivity contribution is -0.384. The van der Waals surface area contributed by atoms with Gasteiger partial charge in [-0.1, -0.05) is 28.1 Å². The van der Waals surface area contributed by atoms with Gasteiger partial charge in [0.2, 0.25) is 0 Å². The minimum Gasteiger partial charge on any atom is -0.497 e. The van der Waals surface area contributed by atoms with Crippen molar-refractivity contribution in [3.8, 4) is 5.75 Å². The van der Waals surface area contributed by atoms with Crippen molar-refractivity contribution in [2.24, 2.45) is 5.10 Å². The van der Waals surface area contributed by atoms with Gasteiger partial charge in [0.05, 0.1) is 22.6 Å². The largest absolute Gasteiger partial charge is 0.497 e. The first-order chi connectivity index (χ1) is 15.2. The molecule has 0 unspecified atom stereocenters. The second-order valence-electron chi connectivity index (χ2n) is 6.59. The minimum absolute atomic E-state index is 0.0647. The zero-order valence-corrected chi connectivity index (χ0v) is 19.5. The lowest BCUT2D eigenvalue weighted by atomic mass is 10.1. The van der Waals surface area contributed by atoms with Crippen molar-refractivity contribution in [1.82, 2.24) is 0 Å². The van der Waals surface area contributed by atoms with E-state index in [2.05, 4.69) is 31.2 Å². The molecule has 3 aromatic carbocycles. The Balaban J connectivity index is 1.85. The average Bonchev–Trinajstić information content (AvgIpc) is 2.78. The molecule has 32 heavy (non-hydrogen) atoms. The van der Waals surface area contributed by atoms with Crippen LogP contribution in [0.5, 0.6) is 5.75 Å². The predicted molar refractivity (Wildman–Crippen MR) is 127 cm³/mol. The lowest BCUT2D eigenvalue weighted by Gasteiger charge is -2.10. The van der Waals surface area contributed by atoms with E-state index in [0.29, 0.717) is 17.1 Å². The van der Waals surface area contributed by atoms with Crippen LogP contribution in [0.15, 0.2) is 81.2 Å². The molecule has 0 aliphatic heterocycles. The fourth-order valence-electron chi connectivity index (χ4n) is 2.70. The van der Waals surface area contributed by atoms with Gasteiger partial charge in [0.25, 0.3) is 15.7 Å². The van der Waals surface area contributed by atoms with Crippen LogP contribution in [0.2, 0.25) is 0 Å². The Morgan fingerprint density at radius 2 is 1.72 bits per heavy atom. The van der Waals surface area contributed by atoms with E-state index in [0.717, 1.165) is 16.1 Å². The molecular formula is C21H19BrN4O5S. The Morgan fingerprint density at radius 1 is 1.06 bits per heavy atom. The van der Waals surface area contributed by atoms with E-state index in [1.165, 1.54) is 31.4 Å². The van der Waals surface area contributed by atoms with Gasteiger partial charge in [0.1, 0.15) is 11.4 Å². The van der Waals surface area contributed by atoms with E-state index in [1.807, 2.05) is 24.3 Å². The van der Waals surface area contributed by atoms with Gasteiger partial charge >= 0.3 is 0 Å². The highest BCUT2D eigenvalue weighted by Crippen LogP contribution is 2.29. The lowest BCUT2D eigenvalue weighted by Crippen LogP contribution is -2.13. The van der Waals surface area contributed by atoms with Gasteiger partial charge in [-0.2, -0.15) is 5.10 Å². The molecule has 0 radical (unpaired) electrons. The Morgan fingerprint density at radius 3 is 2.31 bits per heavy atom. The SMILES string of the molecule is COc1ccc(NS(=O)(=O)c2ccc(N/N=C(/C)c3ccc(Br)cc3)c([N+](=O)[O-])c2)cc1. The van der Waals surface area contributed by atoms with Crippen LogP contribution in [0.4, 0.5) is 17.1 Å². The van der Waals surface area contributed by atoms with Crippen molar-refractivity contribution >= 4 is 48.7 Å². The number of sulfonamides is 1. The highest BCUT2D eigenvalue weighted by molar-refractivity contribution is 9.10. The number of benzene rings is 3. The normalized spacial score (nSPS) is 11.7. The molecule has 3 rings (SSSR count). The minimum atomic E-state index is -4.05. The summed E-state index contributed by atoms with van der Waals surface area (Å²) in [5, 5.41) is 15.7. The summed E-state index contributed by atoms with van der Waals surface area (Å²) in [4.78, 5) is 10.6. The zero-order valence-electron chi connectivity index (χ0n) is 17.1. The summed E-state index contributed by atoms with van der Waals surface area (Å²) >= 11 is 3.36. The van der Waals surface area contributed by atoms with Crippen LogP contribution in [0.1, 0.15) is 12.5 Å². The molecule has 0 atom stereocenters. The van der Waals surface area contributed by atoms with Gasteiger partial charge in [-0.15, -0.1) is 0 Å². The van der Waals surface area contributed by atoms with Crippen LogP contribution in [-0.2, 0) is 10.0 Å². The van der Waals surface area contributed by atoms with Crippen molar-refractivity contribution in [3.05, 3.63) is 86.9 Å². The summed E-state index contributed by atoms with van der Waals surface area (Å²) in [6, 6.07) is 17.2. The number of ether oxygens (including phenoxy) is 1. The summed E-state index contributed by atoms with van der Waals surface area (Å²) < 4.78 is 33.8. The second-order valence-corrected chi connectivity index (χ2v) is 9.18. The number of nitro benzene ring substituents is 1. The van der Waals surface area contributed by atoms with E-state index in [1.54, 1.807) is 19.1 Å². The van der Waals surface area contributed by atoms with E-state index < -0.39 is 20.6 Å². The first kappa shape index (κ1) is 23.2. The van der Waals surface area contributed by atoms with Crippen molar-refractivity contribution in [3.63, 3.8) is 0 Å². The maximum atomic E-state index is 12.7. The van der Waals surface area contributed by atoms with Crippen molar-refractivity contribution < 1.29 is 18.1 Å². The molecule has 0 spiro atoms. The highest BCUT2D eigenvalue weighted by Gasteiger charge is 2.21. The molecule has 166 valence electrons. The van der Waals surface area contributed by atoms with Gasteiger partial charge in [-0.25, -0.2) is 8.42 Å². The molecule has 0 saturated heterocycles. The number of hydrogen-bond acceptors (Lipinski definition) is 7. The Labute approximate surface area is 193 Å². The van der Waals surface area contributed by atoms with Crippen molar-refractivity contribution in [1.29, 1.82) is 0 Å². The fourth-order valence-corrected chi connectivity index (χ4v) is 4.04. The van der Waals surface area contributed by atoms with Gasteiger partial charge in [0.15, 0.2) is 0 Å². The standard InChI is InChI=1S/C21H19BrN4O5S/c1-14(15-3-5-16(22)6-4-15)23-24-20-12-11-19(13-21(20)26(27)28)32(29,30)25-17-7-9-18(31-2)10-8-17/h3-13,24-25H,1-2H3/b23-14-. The number of halogens is 1. The van der Waals surface area contributed by atoms with Crippen LogP contribution >= 0.6 is 15.9 Å². The predicted octanol–water partition coefficient (Wildman–Crippen LogP) is 5.00. The van der Waals surface area contributed by atoms with Gasteiger partial charge in [-0.05, 0) is 61.0 Å². The van der Waals surface area contributed by atoms with Crippen molar-refractivity contribution in [2.45, 2.75) is 11.8 Å². The van der Waals surface area contributed by atoms with Gasteiger partial charge in [-0.3, -0.25) is 20.3 Å². The molecule has 0 aliphatic carbocycles. The molecule has 0 saturated carbocycles. The third kappa shape index (κ3) is 5.62. The summed E-state index contributed by atoms with van der Waals surface area (Å²) in [6.07, 6.45) is 0. The second kappa shape index (κ2) is 9.79. The summed E-state index contributed by atoms with van der Waals surface area (Å²) in [6.45, 7) is 1.75. The number of methoxy groups -OCH3 is 1. The van der Waals surface area contributed by atoms with Crippen LogP contribution < -0.4 is 14.9 Å². The zero-order chi connectivity index (χ0) is 23.3. The first-order valence-corrected chi connectivity index (χ1v) is 11.5. The molecule has 3 aromatic rings.